The Kier molecular flexibility index (Phi) is 3.48. The summed E-state index contributed by atoms with van der Waals surface area (Å²) >= 11 is 7.35. The van der Waals surface area contributed by atoms with Crippen LogP contribution in [-0.4, -0.2) is 29.6 Å². The average molecular weight is 334 g/mol. The van der Waals surface area contributed by atoms with Gasteiger partial charge in [0.2, 0.25) is 0 Å². The number of thiophene rings is 1. The van der Waals surface area contributed by atoms with Crippen molar-refractivity contribution in [3.05, 3.63) is 57.2 Å². The van der Waals surface area contributed by atoms with Crippen molar-refractivity contribution in [1.82, 2.24) is 4.90 Å². The molecule has 114 valence electrons. The summed E-state index contributed by atoms with van der Waals surface area (Å²) in [5.74, 6) is 0.314. The third kappa shape index (κ3) is 2.67. The maximum absolute atomic E-state index is 12.2. The number of likely N-dealkylation sites (tertiary alicyclic amines) is 1. The smallest absolute Gasteiger partial charge is 0.348 e. The van der Waals surface area contributed by atoms with E-state index in [4.69, 9.17) is 16.3 Å². The molecule has 1 aromatic carbocycles. The van der Waals surface area contributed by atoms with E-state index in [0.717, 1.165) is 31.1 Å². The Labute approximate surface area is 138 Å². The third-order valence-corrected chi connectivity index (χ3v) is 5.59. The van der Waals surface area contributed by atoms with Crippen LogP contribution in [0.25, 0.3) is 0 Å². The van der Waals surface area contributed by atoms with E-state index in [1.165, 1.54) is 16.9 Å². The first kappa shape index (κ1) is 14.2. The van der Waals surface area contributed by atoms with Gasteiger partial charge in [-0.2, -0.15) is 0 Å². The molecule has 4 rings (SSSR count). The highest BCUT2D eigenvalue weighted by atomic mass is 35.5. The molecule has 2 fully saturated rings. The van der Waals surface area contributed by atoms with Gasteiger partial charge in [-0.05, 0) is 35.6 Å². The number of carbonyl (C=O) groups excluding carboxylic acids is 1. The van der Waals surface area contributed by atoms with Crippen molar-refractivity contribution >= 4 is 28.9 Å². The Hall–Kier alpha value is -1.36. The fourth-order valence-corrected chi connectivity index (χ4v) is 4.02. The predicted octanol–water partition coefficient (Wildman–Crippen LogP) is 3.83. The lowest BCUT2D eigenvalue weighted by Crippen LogP contribution is -2.30. The highest BCUT2D eigenvalue weighted by Gasteiger charge is 2.63. The molecule has 0 amide bonds. The Morgan fingerprint density at radius 2 is 2.18 bits per heavy atom. The van der Waals surface area contributed by atoms with Crippen LogP contribution in [0.2, 0.25) is 5.02 Å². The summed E-state index contributed by atoms with van der Waals surface area (Å²) in [5.41, 5.74) is 0.999. The zero-order chi connectivity index (χ0) is 15.2. The SMILES string of the molecule is O=C(OC12CC1CN(Cc1ccc(Cl)cc1)C2)c1cccs1. The zero-order valence-corrected chi connectivity index (χ0v) is 13.6. The fourth-order valence-electron chi connectivity index (χ4n) is 3.29. The van der Waals surface area contributed by atoms with Gasteiger partial charge in [0, 0.05) is 30.6 Å². The number of nitrogens with zero attached hydrogens (tertiary/aromatic N) is 1. The molecule has 2 atom stereocenters. The Morgan fingerprint density at radius 1 is 1.36 bits per heavy atom. The summed E-state index contributed by atoms with van der Waals surface area (Å²) in [6.45, 7) is 2.71. The lowest BCUT2D eigenvalue weighted by Gasteiger charge is -2.20. The highest BCUT2D eigenvalue weighted by molar-refractivity contribution is 7.11. The van der Waals surface area contributed by atoms with Crippen LogP contribution in [0.3, 0.4) is 0 Å². The Morgan fingerprint density at radius 3 is 2.91 bits per heavy atom. The summed E-state index contributed by atoms with van der Waals surface area (Å²) in [7, 11) is 0. The van der Waals surface area contributed by atoms with Gasteiger partial charge in [0.25, 0.3) is 0 Å². The molecule has 1 aromatic heterocycles. The van der Waals surface area contributed by atoms with Crippen LogP contribution in [0, 0.1) is 5.92 Å². The van der Waals surface area contributed by atoms with E-state index < -0.39 is 0 Å². The average Bonchev–Trinajstić information content (AvgIpc) is 2.91. The van der Waals surface area contributed by atoms with Crippen molar-refractivity contribution in [3.63, 3.8) is 0 Å². The van der Waals surface area contributed by atoms with Gasteiger partial charge >= 0.3 is 5.97 Å². The second-order valence-electron chi connectivity index (χ2n) is 6.13. The molecule has 5 heteroatoms. The van der Waals surface area contributed by atoms with E-state index >= 15 is 0 Å². The standard InChI is InChI=1S/C17H16ClNO2S/c18-14-5-3-12(4-6-14)9-19-10-13-8-17(13,11-19)21-16(20)15-2-1-7-22-15/h1-7,13H,8-11H2. The number of halogens is 1. The summed E-state index contributed by atoms with van der Waals surface area (Å²) in [6, 6.07) is 11.6. The quantitative estimate of drug-likeness (QED) is 0.796. The van der Waals surface area contributed by atoms with E-state index in [1.54, 1.807) is 0 Å². The highest BCUT2D eigenvalue weighted by Crippen LogP contribution is 2.53. The van der Waals surface area contributed by atoms with Crippen LogP contribution < -0.4 is 0 Å². The zero-order valence-electron chi connectivity index (χ0n) is 12.0. The molecule has 2 aromatic rings. The van der Waals surface area contributed by atoms with Crippen LogP contribution in [0.15, 0.2) is 41.8 Å². The van der Waals surface area contributed by atoms with Gasteiger partial charge in [-0.15, -0.1) is 11.3 Å². The number of piperidine rings is 1. The molecule has 1 saturated carbocycles. The summed E-state index contributed by atoms with van der Waals surface area (Å²) in [4.78, 5) is 15.2. The fraction of sp³-hybridized carbons (Fsp3) is 0.353. The number of rotatable bonds is 4. The molecule has 0 spiro atoms. The van der Waals surface area contributed by atoms with Crippen molar-refractivity contribution in [2.45, 2.75) is 18.6 Å². The van der Waals surface area contributed by atoms with Crippen LogP contribution in [-0.2, 0) is 11.3 Å². The van der Waals surface area contributed by atoms with E-state index in [1.807, 2.05) is 29.6 Å². The lowest BCUT2D eigenvalue weighted by atomic mass is 10.2. The molecule has 0 bridgehead atoms. The lowest BCUT2D eigenvalue weighted by molar-refractivity contribution is 0.0195. The van der Waals surface area contributed by atoms with Gasteiger partial charge in [-0.1, -0.05) is 29.8 Å². The molecule has 2 unspecified atom stereocenters. The first-order chi connectivity index (χ1) is 10.6. The third-order valence-electron chi connectivity index (χ3n) is 4.48. The van der Waals surface area contributed by atoms with Crippen molar-refractivity contribution in [1.29, 1.82) is 0 Å². The molecular weight excluding hydrogens is 318 g/mol. The molecule has 1 aliphatic heterocycles. The van der Waals surface area contributed by atoms with E-state index in [9.17, 15) is 4.79 Å². The monoisotopic (exact) mass is 333 g/mol. The van der Waals surface area contributed by atoms with Crippen molar-refractivity contribution < 1.29 is 9.53 Å². The number of hydrogen-bond donors (Lipinski definition) is 0. The minimum absolute atomic E-state index is 0.175. The Bertz CT molecular complexity index is 685. The molecule has 1 saturated heterocycles. The van der Waals surface area contributed by atoms with Crippen LogP contribution in [0.4, 0.5) is 0 Å². The molecule has 3 nitrogen and oxygen atoms in total. The molecule has 0 N–H and O–H groups in total. The first-order valence-corrected chi connectivity index (χ1v) is 8.64. The number of esters is 1. The first-order valence-electron chi connectivity index (χ1n) is 7.38. The number of carbonyl (C=O) groups is 1. The minimum Gasteiger partial charge on any atom is -0.453 e. The van der Waals surface area contributed by atoms with Crippen molar-refractivity contribution in [3.8, 4) is 0 Å². The van der Waals surface area contributed by atoms with Gasteiger partial charge in [0.05, 0.1) is 0 Å². The molecular formula is C17H16ClNO2S. The van der Waals surface area contributed by atoms with Gasteiger partial charge in [-0.25, -0.2) is 4.79 Å². The maximum atomic E-state index is 12.2. The summed E-state index contributed by atoms with van der Waals surface area (Å²) in [6.07, 6.45) is 1.00. The van der Waals surface area contributed by atoms with Gasteiger partial charge in [0.1, 0.15) is 10.5 Å². The van der Waals surface area contributed by atoms with Crippen molar-refractivity contribution in [2.75, 3.05) is 13.1 Å². The van der Waals surface area contributed by atoms with Crippen LogP contribution in [0.5, 0.6) is 0 Å². The second-order valence-corrected chi connectivity index (χ2v) is 7.51. The Balaban J connectivity index is 1.38. The summed E-state index contributed by atoms with van der Waals surface area (Å²) in [5, 5.41) is 2.66. The molecule has 2 heterocycles. The second kappa shape index (κ2) is 5.37. The molecule has 22 heavy (non-hydrogen) atoms. The van der Waals surface area contributed by atoms with Crippen LogP contribution >= 0.6 is 22.9 Å². The van der Waals surface area contributed by atoms with E-state index in [0.29, 0.717) is 10.8 Å². The molecule has 1 aliphatic carbocycles. The number of benzene rings is 1. The largest absolute Gasteiger partial charge is 0.453 e. The van der Waals surface area contributed by atoms with Gasteiger partial charge < -0.3 is 4.74 Å². The number of ether oxygens (including phenoxy) is 1. The van der Waals surface area contributed by atoms with Gasteiger partial charge in [-0.3, -0.25) is 4.90 Å². The minimum atomic E-state index is -0.243. The summed E-state index contributed by atoms with van der Waals surface area (Å²) < 4.78 is 5.81. The van der Waals surface area contributed by atoms with Crippen LogP contribution in [0.1, 0.15) is 21.7 Å². The topological polar surface area (TPSA) is 29.5 Å². The number of fused-ring (bicyclic) bond motifs is 1. The molecule has 2 aliphatic rings. The maximum Gasteiger partial charge on any atom is 0.348 e. The number of hydrogen-bond acceptors (Lipinski definition) is 4. The normalized spacial score (nSPS) is 26.7. The van der Waals surface area contributed by atoms with E-state index in [-0.39, 0.29) is 11.6 Å². The predicted molar refractivity (Wildman–Crippen MR) is 87.3 cm³/mol. The molecule has 0 radical (unpaired) electrons. The van der Waals surface area contributed by atoms with Gasteiger partial charge in [0.15, 0.2) is 0 Å². The van der Waals surface area contributed by atoms with E-state index in [2.05, 4.69) is 17.0 Å². The van der Waals surface area contributed by atoms with Crippen molar-refractivity contribution in [2.24, 2.45) is 5.92 Å².